The normalized spacial score (nSPS) is 35.7. The van der Waals surface area contributed by atoms with Gasteiger partial charge in [0.05, 0.1) is 6.10 Å². The Labute approximate surface area is 134 Å². The molecule has 2 saturated carbocycles. The van der Waals surface area contributed by atoms with Crippen molar-refractivity contribution in [2.24, 2.45) is 29.1 Å². The topological polar surface area (TPSA) is 57.5 Å². The van der Waals surface area contributed by atoms with E-state index in [1.54, 1.807) is 0 Å². The molecule has 0 unspecified atom stereocenters. The number of carbonyl (C=O) groups is 1. The van der Waals surface area contributed by atoms with Crippen LogP contribution in [0.25, 0.3) is 0 Å². The molecule has 0 spiro atoms. The highest BCUT2D eigenvalue weighted by Gasteiger charge is 2.48. The van der Waals surface area contributed by atoms with Crippen LogP contribution in [-0.4, -0.2) is 22.3 Å². The lowest BCUT2D eigenvalue weighted by molar-refractivity contribution is -0.138. The maximum absolute atomic E-state index is 10.8. The number of fused-ring (bicyclic) bond motifs is 1. The van der Waals surface area contributed by atoms with Gasteiger partial charge in [-0.05, 0) is 67.6 Å². The standard InChI is InChI=1S/C19H32O3/c1-12(11-18(21)22)5-7-14-13(2)6-9-16-15(14)8-10-17(20)19(16,3)4/h12,14-17,20H,2,5-11H2,1,3-4H3,(H,21,22)/t12-,14+,15-,16+,17+/m1/s1. The predicted octanol–water partition coefficient (Wildman–Crippen LogP) is 4.26. The molecule has 2 N–H and O–H groups in total. The molecule has 5 atom stereocenters. The first-order valence-corrected chi connectivity index (χ1v) is 8.81. The highest BCUT2D eigenvalue weighted by atomic mass is 16.4. The van der Waals surface area contributed by atoms with Gasteiger partial charge in [0.15, 0.2) is 0 Å². The average Bonchev–Trinajstić information content (AvgIpc) is 2.41. The van der Waals surface area contributed by atoms with Gasteiger partial charge in [-0.3, -0.25) is 4.79 Å². The van der Waals surface area contributed by atoms with Crippen LogP contribution in [-0.2, 0) is 4.79 Å². The van der Waals surface area contributed by atoms with E-state index in [0.29, 0.717) is 17.8 Å². The van der Waals surface area contributed by atoms with Crippen LogP contribution >= 0.6 is 0 Å². The summed E-state index contributed by atoms with van der Waals surface area (Å²) in [6.07, 6.45) is 6.28. The van der Waals surface area contributed by atoms with Gasteiger partial charge in [0, 0.05) is 6.42 Å². The van der Waals surface area contributed by atoms with Crippen LogP contribution < -0.4 is 0 Å². The molecule has 22 heavy (non-hydrogen) atoms. The number of aliphatic hydroxyl groups excluding tert-OH is 1. The van der Waals surface area contributed by atoms with Crippen LogP contribution in [0.5, 0.6) is 0 Å². The van der Waals surface area contributed by atoms with Gasteiger partial charge >= 0.3 is 5.97 Å². The third kappa shape index (κ3) is 3.56. The van der Waals surface area contributed by atoms with Gasteiger partial charge in [-0.25, -0.2) is 0 Å². The smallest absolute Gasteiger partial charge is 0.303 e. The van der Waals surface area contributed by atoms with Crippen molar-refractivity contribution in [2.45, 2.75) is 71.8 Å². The second kappa shape index (κ2) is 6.74. The lowest BCUT2D eigenvalue weighted by atomic mass is 9.53. The van der Waals surface area contributed by atoms with E-state index in [0.717, 1.165) is 38.5 Å². The Kier molecular flexibility index (Phi) is 5.37. The molecule has 126 valence electrons. The Morgan fingerprint density at radius 1 is 1.36 bits per heavy atom. The number of aliphatic carboxylic acids is 1. The number of hydrogen-bond acceptors (Lipinski definition) is 2. The van der Waals surface area contributed by atoms with Crippen molar-refractivity contribution < 1.29 is 15.0 Å². The van der Waals surface area contributed by atoms with E-state index >= 15 is 0 Å². The maximum Gasteiger partial charge on any atom is 0.303 e. The number of hydrogen-bond donors (Lipinski definition) is 2. The molecule has 2 aliphatic rings. The number of carboxylic acids is 1. The van der Waals surface area contributed by atoms with E-state index in [1.807, 2.05) is 6.92 Å². The van der Waals surface area contributed by atoms with E-state index in [-0.39, 0.29) is 23.9 Å². The first-order chi connectivity index (χ1) is 10.2. The first kappa shape index (κ1) is 17.5. The van der Waals surface area contributed by atoms with Crippen LogP contribution in [0.2, 0.25) is 0 Å². The van der Waals surface area contributed by atoms with Gasteiger partial charge in [-0.2, -0.15) is 0 Å². The number of rotatable bonds is 5. The summed E-state index contributed by atoms with van der Waals surface area (Å²) in [4.78, 5) is 10.8. The second-order valence-electron chi connectivity index (χ2n) is 8.27. The van der Waals surface area contributed by atoms with E-state index in [1.165, 1.54) is 5.57 Å². The van der Waals surface area contributed by atoms with Crippen molar-refractivity contribution in [1.82, 2.24) is 0 Å². The predicted molar refractivity (Wildman–Crippen MR) is 88.5 cm³/mol. The summed E-state index contributed by atoms with van der Waals surface area (Å²) in [7, 11) is 0. The van der Waals surface area contributed by atoms with E-state index < -0.39 is 5.97 Å². The molecule has 2 fully saturated rings. The Balaban J connectivity index is 2.03. The van der Waals surface area contributed by atoms with Gasteiger partial charge in [-0.1, -0.05) is 32.9 Å². The Hall–Kier alpha value is -0.830. The molecule has 0 aromatic heterocycles. The van der Waals surface area contributed by atoms with E-state index in [2.05, 4.69) is 20.4 Å². The molecule has 0 aromatic rings. The van der Waals surface area contributed by atoms with Crippen LogP contribution in [0.4, 0.5) is 0 Å². The summed E-state index contributed by atoms with van der Waals surface area (Å²) in [6.45, 7) is 10.8. The van der Waals surface area contributed by atoms with Crippen molar-refractivity contribution in [3.8, 4) is 0 Å². The van der Waals surface area contributed by atoms with E-state index in [4.69, 9.17) is 5.11 Å². The minimum Gasteiger partial charge on any atom is -0.481 e. The highest BCUT2D eigenvalue weighted by molar-refractivity contribution is 5.66. The Morgan fingerprint density at radius 3 is 2.68 bits per heavy atom. The zero-order valence-electron chi connectivity index (χ0n) is 14.3. The third-order valence-electron chi connectivity index (χ3n) is 6.42. The molecule has 0 saturated heterocycles. The second-order valence-corrected chi connectivity index (χ2v) is 8.27. The van der Waals surface area contributed by atoms with Crippen LogP contribution in [0.3, 0.4) is 0 Å². The zero-order valence-corrected chi connectivity index (χ0v) is 14.3. The van der Waals surface area contributed by atoms with Gasteiger partial charge in [0.25, 0.3) is 0 Å². The van der Waals surface area contributed by atoms with Crippen molar-refractivity contribution in [3.63, 3.8) is 0 Å². The fraction of sp³-hybridized carbons (Fsp3) is 0.842. The molecule has 0 heterocycles. The van der Waals surface area contributed by atoms with Gasteiger partial charge in [-0.15, -0.1) is 0 Å². The third-order valence-corrected chi connectivity index (χ3v) is 6.42. The summed E-state index contributed by atoms with van der Waals surface area (Å²) in [5, 5.41) is 19.3. The van der Waals surface area contributed by atoms with Gasteiger partial charge < -0.3 is 10.2 Å². The number of allylic oxidation sites excluding steroid dienone is 1. The molecule has 0 amide bonds. The fourth-order valence-corrected chi connectivity index (χ4v) is 4.90. The number of aliphatic hydroxyl groups is 1. The maximum atomic E-state index is 10.8. The van der Waals surface area contributed by atoms with Crippen molar-refractivity contribution in [1.29, 1.82) is 0 Å². The van der Waals surface area contributed by atoms with Gasteiger partial charge in [0.1, 0.15) is 0 Å². The molecular formula is C19H32O3. The van der Waals surface area contributed by atoms with Gasteiger partial charge in [0.2, 0.25) is 0 Å². The average molecular weight is 308 g/mol. The molecule has 0 radical (unpaired) electrons. The minimum absolute atomic E-state index is 0.00541. The molecule has 0 aromatic carbocycles. The zero-order chi connectivity index (χ0) is 16.5. The molecule has 0 aliphatic heterocycles. The first-order valence-electron chi connectivity index (χ1n) is 8.81. The molecule has 0 bridgehead atoms. The SMILES string of the molecule is C=C1CC[C@H]2[C@H](CC[C@H](O)C2(C)C)[C@H]1CC[C@@H](C)CC(=O)O. The van der Waals surface area contributed by atoms with Crippen LogP contribution in [0, 0.1) is 29.1 Å². The quantitative estimate of drug-likeness (QED) is 0.746. The monoisotopic (exact) mass is 308 g/mol. The molecule has 2 rings (SSSR count). The molecular weight excluding hydrogens is 276 g/mol. The summed E-state index contributed by atoms with van der Waals surface area (Å²) in [5.41, 5.74) is 1.35. The molecule has 3 nitrogen and oxygen atoms in total. The number of carboxylic acid groups (broad SMARTS) is 1. The van der Waals surface area contributed by atoms with Crippen molar-refractivity contribution in [3.05, 3.63) is 12.2 Å². The van der Waals surface area contributed by atoms with Crippen molar-refractivity contribution in [2.75, 3.05) is 0 Å². The fourth-order valence-electron chi connectivity index (χ4n) is 4.90. The largest absolute Gasteiger partial charge is 0.481 e. The summed E-state index contributed by atoms with van der Waals surface area (Å²) in [6, 6.07) is 0. The summed E-state index contributed by atoms with van der Waals surface area (Å²) in [5.74, 6) is 1.24. The summed E-state index contributed by atoms with van der Waals surface area (Å²) >= 11 is 0. The Morgan fingerprint density at radius 2 is 2.05 bits per heavy atom. The summed E-state index contributed by atoms with van der Waals surface area (Å²) < 4.78 is 0. The van der Waals surface area contributed by atoms with Crippen molar-refractivity contribution >= 4 is 5.97 Å². The van der Waals surface area contributed by atoms with E-state index in [9.17, 15) is 9.90 Å². The highest BCUT2D eigenvalue weighted by Crippen LogP contribution is 2.54. The Bertz CT molecular complexity index is 426. The minimum atomic E-state index is -0.699. The lowest BCUT2D eigenvalue weighted by Crippen LogP contribution is -2.49. The van der Waals surface area contributed by atoms with Crippen LogP contribution in [0.1, 0.15) is 65.7 Å². The molecule has 2 aliphatic carbocycles. The molecule has 3 heteroatoms. The lowest BCUT2D eigenvalue weighted by Gasteiger charge is -2.53. The van der Waals surface area contributed by atoms with Crippen LogP contribution in [0.15, 0.2) is 12.2 Å².